The normalized spacial score (nSPS) is 33.6. The molecule has 2 aliphatic rings. The van der Waals surface area contributed by atoms with Gasteiger partial charge in [0, 0.05) is 6.54 Å². The second-order valence-electron chi connectivity index (χ2n) is 4.91. The highest BCUT2D eigenvalue weighted by Gasteiger charge is 2.34. The first-order chi connectivity index (χ1) is 6.81. The van der Waals surface area contributed by atoms with E-state index >= 15 is 0 Å². The fraction of sp³-hybridized carbons (Fsp3) is 1.00. The molecule has 2 rings (SSSR count). The van der Waals surface area contributed by atoms with Gasteiger partial charge >= 0.3 is 0 Å². The van der Waals surface area contributed by atoms with E-state index < -0.39 is 0 Å². The van der Waals surface area contributed by atoms with Crippen LogP contribution < -0.4 is 5.32 Å². The molecule has 0 aromatic rings. The number of nitrogens with one attached hydrogen (secondary N) is 1. The first kappa shape index (κ1) is 10.4. The van der Waals surface area contributed by atoms with Crippen molar-refractivity contribution in [2.24, 2.45) is 0 Å². The van der Waals surface area contributed by atoms with Gasteiger partial charge in [-0.25, -0.2) is 0 Å². The van der Waals surface area contributed by atoms with Gasteiger partial charge in [-0.05, 0) is 39.0 Å². The molecule has 2 fully saturated rings. The van der Waals surface area contributed by atoms with E-state index in [0.717, 1.165) is 6.54 Å². The lowest BCUT2D eigenvalue weighted by Crippen LogP contribution is -2.54. The highest BCUT2D eigenvalue weighted by atomic mass is 16.5. The molecule has 1 saturated heterocycles. The summed E-state index contributed by atoms with van der Waals surface area (Å²) in [6, 6.07) is 0. The second kappa shape index (κ2) is 4.63. The van der Waals surface area contributed by atoms with Crippen LogP contribution in [0.25, 0.3) is 0 Å². The monoisotopic (exact) mass is 197 g/mol. The Morgan fingerprint density at radius 2 is 1.71 bits per heavy atom. The minimum Gasteiger partial charge on any atom is -0.358 e. The van der Waals surface area contributed by atoms with E-state index in [0.29, 0.717) is 6.10 Å². The van der Waals surface area contributed by atoms with Crippen LogP contribution in [0.15, 0.2) is 0 Å². The van der Waals surface area contributed by atoms with Crippen molar-refractivity contribution in [2.45, 2.75) is 70.1 Å². The Kier molecular flexibility index (Phi) is 3.45. The van der Waals surface area contributed by atoms with Gasteiger partial charge in [-0.15, -0.1) is 0 Å². The molecule has 0 radical (unpaired) electrons. The smallest absolute Gasteiger partial charge is 0.119 e. The zero-order valence-corrected chi connectivity index (χ0v) is 9.35. The standard InChI is InChI=1S/C12H23NO/c1-11-7-10-13-12(14-11)8-5-3-2-4-6-9-12/h11,13H,2-10H2,1H3. The fourth-order valence-corrected chi connectivity index (χ4v) is 2.76. The van der Waals surface area contributed by atoms with E-state index in [-0.39, 0.29) is 5.72 Å². The van der Waals surface area contributed by atoms with Crippen molar-refractivity contribution in [1.29, 1.82) is 0 Å². The summed E-state index contributed by atoms with van der Waals surface area (Å²) in [4.78, 5) is 0. The molecule has 1 spiro atoms. The molecule has 0 bridgehead atoms. The molecule has 1 aliphatic heterocycles. The van der Waals surface area contributed by atoms with Crippen molar-refractivity contribution in [2.75, 3.05) is 6.54 Å². The molecule has 82 valence electrons. The molecule has 0 amide bonds. The largest absolute Gasteiger partial charge is 0.358 e. The molecule has 1 N–H and O–H groups in total. The summed E-state index contributed by atoms with van der Waals surface area (Å²) in [5.41, 5.74) is 0.0537. The lowest BCUT2D eigenvalue weighted by molar-refractivity contribution is -0.147. The molecule has 2 nitrogen and oxygen atoms in total. The van der Waals surface area contributed by atoms with Crippen molar-refractivity contribution in [3.8, 4) is 0 Å². The van der Waals surface area contributed by atoms with Gasteiger partial charge in [0.15, 0.2) is 0 Å². The van der Waals surface area contributed by atoms with Gasteiger partial charge in [-0.3, -0.25) is 5.32 Å². The molecular weight excluding hydrogens is 174 g/mol. The van der Waals surface area contributed by atoms with Gasteiger partial charge in [0.1, 0.15) is 5.72 Å². The summed E-state index contributed by atoms with van der Waals surface area (Å²) < 4.78 is 6.14. The third-order valence-corrected chi connectivity index (χ3v) is 3.59. The molecule has 14 heavy (non-hydrogen) atoms. The van der Waals surface area contributed by atoms with Crippen LogP contribution in [0.2, 0.25) is 0 Å². The summed E-state index contributed by atoms with van der Waals surface area (Å²) in [7, 11) is 0. The first-order valence-corrected chi connectivity index (χ1v) is 6.24. The molecule has 1 unspecified atom stereocenters. The highest BCUT2D eigenvalue weighted by molar-refractivity contribution is 4.84. The predicted octanol–water partition coefficient (Wildman–Crippen LogP) is 2.83. The van der Waals surface area contributed by atoms with Crippen LogP contribution in [0.3, 0.4) is 0 Å². The van der Waals surface area contributed by atoms with Crippen molar-refractivity contribution in [3.63, 3.8) is 0 Å². The van der Waals surface area contributed by atoms with Crippen molar-refractivity contribution >= 4 is 0 Å². The van der Waals surface area contributed by atoms with Gasteiger partial charge in [0.25, 0.3) is 0 Å². The van der Waals surface area contributed by atoms with E-state index in [2.05, 4.69) is 12.2 Å². The minimum atomic E-state index is 0.0537. The number of hydrogen-bond donors (Lipinski definition) is 1. The Balaban J connectivity index is 1.95. The maximum absolute atomic E-state index is 6.14. The number of ether oxygens (including phenoxy) is 1. The Morgan fingerprint density at radius 3 is 2.36 bits per heavy atom. The maximum Gasteiger partial charge on any atom is 0.119 e. The molecule has 0 aromatic heterocycles. The van der Waals surface area contributed by atoms with Crippen LogP contribution in [0.1, 0.15) is 58.3 Å². The van der Waals surface area contributed by atoms with Crippen LogP contribution in [-0.2, 0) is 4.74 Å². The van der Waals surface area contributed by atoms with Crippen LogP contribution >= 0.6 is 0 Å². The zero-order chi connectivity index (χ0) is 9.86. The minimum absolute atomic E-state index is 0.0537. The summed E-state index contributed by atoms with van der Waals surface area (Å²) in [5, 5.41) is 3.61. The average molecular weight is 197 g/mol. The van der Waals surface area contributed by atoms with Crippen LogP contribution in [0.4, 0.5) is 0 Å². The summed E-state index contributed by atoms with van der Waals surface area (Å²) >= 11 is 0. The highest BCUT2D eigenvalue weighted by Crippen LogP contribution is 2.31. The van der Waals surface area contributed by atoms with Crippen LogP contribution in [0.5, 0.6) is 0 Å². The number of hydrogen-bond acceptors (Lipinski definition) is 2. The Hall–Kier alpha value is -0.0800. The molecule has 0 aromatic carbocycles. The fourth-order valence-electron chi connectivity index (χ4n) is 2.76. The van der Waals surface area contributed by atoms with E-state index in [1.165, 1.54) is 51.4 Å². The Labute approximate surface area is 87.4 Å². The summed E-state index contributed by atoms with van der Waals surface area (Å²) in [6.07, 6.45) is 10.9. The summed E-state index contributed by atoms with van der Waals surface area (Å²) in [6.45, 7) is 3.35. The van der Waals surface area contributed by atoms with Crippen molar-refractivity contribution in [3.05, 3.63) is 0 Å². The first-order valence-electron chi connectivity index (χ1n) is 6.24. The third-order valence-electron chi connectivity index (χ3n) is 3.59. The summed E-state index contributed by atoms with van der Waals surface area (Å²) in [5.74, 6) is 0. The molecule has 1 atom stereocenters. The Bertz CT molecular complexity index is 173. The SMILES string of the molecule is CC1CCNC2(CCCCCCC2)O1. The van der Waals surface area contributed by atoms with Gasteiger partial charge in [-0.1, -0.05) is 19.3 Å². The zero-order valence-electron chi connectivity index (χ0n) is 9.35. The predicted molar refractivity (Wildman–Crippen MR) is 58.2 cm³/mol. The van der Waals surface area contributed by atoms with E-state index in [9.17, 15) is 0 Å². The third kappa shape index (κ3) is 2.48. The topological polar surface area (TPSA) is 21.3 Å². The van der Waals surface area contributed by atoms with E-state index in [1.54, 1.807) is 0 Å². The molecule has 2 heteroatoms. The van der Waals surface area contributed by atoms with E-state index in [4.69, 9.17) is 4.74 Å². The van der Waals surface area contributed by atoms with E-state index in [1.807, 2.05) is 0 Å². The van der Waals surface area contributed by atoms with Gasteiger partial charge in [0.2, 0.25) is 0 Å². The van der Waals surface area contributed by atoms with Crippen LogP contribution in [0, 0.1) is 0 Å². The maximum atomic E-state index is 6.14. The lowest BCUT2D eigenvalue weighted by atomic mass is 9.92. The lowest BCUT2D eigenvalue weighted by Gasteiger charge is -2.42. The quantitative estimate of drug-likeness (QED) is 0.644. The molecular formula is C12H23NO. The second-order valence-corrected chi connectivity index (χ2v) is 4.91. The van der Waals surface area contributed by atoms with Crippen molar-refractivity contribution in [1.82, 2.24) is 5.32 Å². The van der Waals surface area contributed by atoms with Gasteiger partial charge < -0.3 is 4.74 Å². The number of rotatable bonds is 0. The van der Waals surface area contributed by atoms with Gasteiger partial charge in [0.05, 0.1) is 6.10 Å². The van der Waals surface area contributed by atoms with Crippen molar-refractivity contribution < 1.29 is 4.74 Å². The molecule has 1 saturated carbocycles. The Morgan fingerprint density at radius 1 is 1.07 bits per heavy atom. The van der Waals surface area contributed by atoms with Gasteiger partial charge in [-0.2, -0.15) is 0 Å². The molecule has 1 aliphatic carbocycles. The molecule has 1 heterocycles. The average Bonchev–Trinajstić information content (AvgIpc) is 2.12. The van der Waals surface area contributed by atoms with Crippen LogP contribution in [-0.4, -0.2) is 18.4 Å².